The van der Waals surface area contributed by atoms with Gasteiger partial charge in [0.25, 0.3) is 0 Å². The van der Waals surface area contributed by atoms with Crippen LogP contribution in [0.15, 0.2) is 0 Å². The summed E-state index contributed by atoms with van der Waals surface area (Å²) in [5.41, 5.74) is 0. The molecular formula is C3H6ClHgO. The van der Waals surface area contributed by atoms with Gasteiger partial charge in [0.1, 0.15) is 5.78 Å². The summed E-state index contributed by atoms with van der Waals surface area (Å²) >= 11 is 0.500. The van der Waals surface area contributed by atoms with E-state index in [1.807, 2.05) is 0 Å². The van der Waals surface area contributed by atoms with Crippen LogP contribution in [0, 0.1) is 0 Å². The normalized spacial score (nSPS) is 5.50. The van der Waals surface area contributed by atoms with Crippen LogP contribution in [0.3, 0.4) is 0 Å². The number of ketones is 1. The molecule has 6 heavy (non-hydrogen) atoms. The van der Waals surface area contributed by atoms with E-state index in [1.54, 1.807) is 0 Å². The molecule has 0 unspecified atom stereocenters. The Balaban J connectivity index is 0. The topological polar surface area (TPSA) is 17.1 Å². The Morgan fingerprint density at radius 3 is 1.50 bits per heavy atom. The van der Waals surface area contributed by atoms with E-state index >= 15 is 0 Å². The van der Waals surface area contributed by atoms with Gasteiger partial charge in [-0.15, -0.1) is 0 Å². The standard InChI is InChI=1S/C3H6O.ClH.Hg/c1-3(2)4;;/h1-2H3;1H;/q;;+1/p-1. The number of halogens is 1. The third-order valence-corrected chi connectivity index (χ3v) is 0. The van der Waals surface area contributed by atoms with Crippen LogP contribution in [0.4, 0.5) is 0 Å². The first-order valence-electron chi connectivity index (χ1n) is 1.47. The summed E-state index contributed by atoms with van der Waals surface area (Å²) in [4.78, 5) is 9.44. The van der Waals surface area contributed by atoms with Crippen LogP contribution in [0.1, 0.15) is 13.8 Å². The summed E-state index contributed by atoms with van der Waals surface area (Å²) in [7, 11) is 4.83. The number of Topliss-reactive ketones (excluding diaryl/α,β-unsaturated/α-hetero) is 1. The van der Waals surface area contributed by atoms with Crippen molar-refractivity contribution < 1.29 is 29.7 Å². The molecule has 0 spiro atoms. The van der Waals surface area contributed by atoms with E-state index in [9.17, 15) is 4.79 Å². The van der Waals surface area contributed by atoms with E-state index in [-0.39, 0.29) is 5.78 Å². The molecule has 3 heteroatoms. The molecular weight excluding hydrogens is 288 g/mol. The maximum absolute atomic E-state index is 9.44. The molecule has 1 nitrogen and oxygen atoms in total. The van der Waals surface area contributed by atoms with E-state index in [0.717, 1.165) is 0 Å². The zero-order valence-corrected chi connectivity index (χ0v) is 10.2. The van der Waals surface area contributed by atoms with Gasteiger partial charge in [-0.3, -0.25) is 0 Å². The Bertz CT molecular complexity index is 33.8. The summed E-state index contributed by atoms with van der Waals surface area (Å²) in [5, 5.41) is 0. The Hall–Kier alpha value is 0.895. The average molecular weight is 294 g/mol. The van der Waals surface area contributed by atoms with Crippen molar-refractivity contribution in [3.8, 4) is 0 Å². The fraction of sp³-hybridized carbons (Fsp3) is 0.667. The van der Waals surface area contributed by atoms with Gasteiger partial charge in [-0.2, -0.15) is 0 Å². The Labute approximate surface area is 57.5 Å². The third-order valence-electron chi connectivity index (χ3n) is 0. The van der Waals surface area contributed by atoms with Crippen molar-refractivity contribution >= 4 is 14.0 Å². The second-order valence-corrected chi connectivity index (χ2v) is 0.908. The quantitative estimate of drug-likeness (QED) is 0.615. The van der Waals surface area contributed by atoms with Crippen LogP contribution < -0.4 is 0 Å². The van der Waals surface area contributed by atoms with Gasteiger partial charge in [0, 0.05) is 0 Å². The van der Waals surface area contributed by atoms with Gasteiger partial charge in [0.2, 0.25) is 0 Å². The van der Waals surface area contributed by atoms with Crippen molar-refractivity contribution in [1.82, 2.24) is 0 Å². The molecule has 0 fully saturated rings. The first-order chi connectivity index (χ1) is 2.73. The van der Waals surface area contributed by atoms with Crippen LogP contribution >= 0.6 is 8.25 Å². The van der Waals surface area contributed by atoms with E-state index in [1.165, 1.54) is 13.8 Å². The van der Waals surface area contributed by atoms with Crippen LogP contribution in [0.5, 0.6) is 0 Å². The van der Waals surface area contributed by atoms with Gasteiger partial charge in [-0.05, 0) is 13.8 Å². The predicted molar refractivity (Wildman–Crippen MR) is 22.2 cm³/mol. The summed E-state index contributed by atoms with van der Waals surface area (Å²) in [6.07, 6.45) is 0. The molecule has 0 radical (unpaired) electrons. The van der Waals surface area contributed by atoms with Gasteiger partial charge < -0.3 is 4.79 Å². The Morgan fingerprint density at radius 1 is 1.50 bits per heavy atom. The van der Waals surface area contributed by atoms with Crippen molar-refractivity contribution in [3.63, 3.8) is 0 Å². The molecule has 0 heterocycles. The monoisotopic (exact) mass is 295 g/mol. The molecule has 0 aromatic rings. The molecule has 0 bridgehead atoms. The summed E-state index contributed by atoms with van der Waals surface area (Å²) in [5.74, 6) is 0.167. The van der Waals surface area contributed by atoms with E-state index in [2.05, 4.69) is 0 Å². The zero-order valence-electron chi connectivity index (χ0n) is 3.99. The first kappa shape index (κ1) is 10.00. The molecule has 0 saturated carbocycles. The van der Waals surface area contributed by atoms with Gasteiger partial charge in [-0.25, -0.2) is 0 Å². The van der Waals surface area contributed by atoms with Gasteiger partial charge in [0.05, 0.1) is 0 Å². The van der Waals surface area contributed by atoms with Crippen molar-refractivity contribution in [1.29, 1.82) is 0 Å². The van der Waals surface area contributed by atoms with Crippen molar-refractivity contribution in [3.05, 3.63) is 0 Å². The molecule has 0 aliphatic carbocycles. The van der Waals surface area contributed by atoms with Gasteiger partial charge in [0.15, 0.2) is 0 Å². The zero-order chi connectivity index (χ0) is 5.58. The molecule has 33 valence electrons. The second-order valence-electron chi connectivity index (χ2n) is 0.908. The molecule has 0 aromatic carbocycles. The number of hydrogen-bond donors (Lipinski definition) is 0. The van der Waals surface area contributed by atoms with Gasteiger partial charge >= 0.3 is 33.1 Å². The summed E-state index contributed by atoms with van der Waals surface area (Å²) in [6.45, 7) is 3.06. The molecule has 0 aliphatic rings. The molecule has 0 amide bonds. The van der Waals surface area contributed by atoms with Gasteiger partial charge in [-0.1, -0.05) is 0 Å². The maximum atomic E-state index is 9.44. The minimum atomic E-state index is 0.167. The predicted octanol–water partition coefficient (Wildman–Crippen LogP) is 1.28. The Kier molecular flexibility index (Phi) is 15.5. The molecule has 0 N–H and O–H groups in total. The van der Waals surface area contributed by atoms with E-state index in [0.29, 0.717) is 24.9 Å². The number of carbonyl (C=O) groups is 1. The molecule has 0 atom stereocenters. The fourth-order valence-corrected chi connectivity index (χ4v) is 0. The molecule has 0 aromatic heterocycles. The van der Waals surface area contributed by atoms with E-state index < -0.39 is 0 Å². The van der Waals surface area contributed by atoms with E-state index in [4.69, 9.17) is 8.25 Å². The molecule has 0 aliphatic heterocycles. The van der Waals surface area contributed by atoms with Crippen LogP contribution in [-0.2, 0) is 29.7 Å². The van der Waals surface area contributed by atoms with Crippen LogP contribution in [-0.4, -0.2) is 5.78 Å². The fourth-order valence-electron chi connectivity index (χ4n) is 0. The number of rotatable bonds is 0. The summed E-state index contributed by atoms with van der Waals surface area (Å²) < 4.78 is 0. The Morgan fingerprint density at radius 2 is 1.50 bits per heavy atom. The van der Waals surface area contributed by atoms with Crippen molar-refractivity contribution in [2.75, 3.05) is 0 Å². The van der Waals surface area contributed by atoms with Crippen molar-refractivity contribution in [2.45, 2.75) is 13.8 Å². The second kappa shape index (κ2) is 9.31. The number of carbonyl (C=O) groups excluding carboxylic acids is 1. The number of hydrogen-bond acceptors (Lipinski definition) is 1. The third kappa shape index (κ3) is 92.7. The average Bonchev–Trinajstić information content (AvgIpc) is 1.41. The first-order valence-corrected chi connectivity index (χ1v) is 8.24. The molecule has 0 saturated heterocycles. The van der Waals surface area contributed by atoms with Crippen molar-refractivity contribution in [2.24, 2.45) is 0 Å². The SMILES string of the molecule is CC(C)=O.[Cl][Hg]. The molecule has 0 rings (SSSR count). The van der Waals surface area contributed by atoms with Crippen LogP contribution in [0.2, 0.25) is 0 Å². The summed E-state index contributed by atoms with van der Waals surface area (Å²) in [6, 6.07) is 0. The minimum absolute atomic E-state index is 0.167. The van der Waals surface area contributed by atoms with Crippen LogP contribution in [0.25, 0.3) is 0 Å².